The first kappa shape index (κ1) is 20.8. The number of anilines is 1. The Morgan fingerprint density at radius 2 is 2.06 bits per heavy atom. The highest BCUT2D eigenvalue weighted by Crippen LogP contribution is 2.24. The van der Waals surface area contributed by atoms with Crippen molar-refractivity contribution in [2.45, 2.75) is 25.7 Å². The molecule has 1 N–H and O–H groups in total. The molecule has 2 aromatic carbocycles. The second-order valence-electron chi connectivity index (χ2n) is 7.34. The molecule has 3 aromatic rings. The number of aromatic nitrogens is 3. The summed E-state index contributed by atoms with van der Waals surface area (Å²) >= 11 is 0. The highest BCUT2D eigenvalue weighted by Gasteiger charge is 2.28. The summed E-state index contributed by atoms with van der Waals surface area (Å²) in [5.41, 5.74) is 2.22. The number of hydrogen-bond acceptors (Lipinski definition) is 5. The van der Waals surface area contributed by atoms with Gasteiger partial charge < -0.3 is 19.7 Å². The van der Waals surface area contributed by atoms with Gasteiger partial charge in [0.05, 0.1) is 32.6 Å². The molecule has 8 nitrogen and oxygen atoms in total. The van der Waals surface area contributed by atoms with Gasteiger partial charge in [-0.25, -0.2) is 13.9 Å². The van der Waals surface area contributed by atoms with Crippen molar-refractivity contribution >= 4 is 11.7 Å². The van der Waals surface area contributed by atoms with Gasteiger partial charge in [0.15, 0.2) is 11.6 Å². The van der Waals surface area contributed by atoms with Crippen LogP contribution in [0.15, 0.2) is 54.7 Å². The van der Waals surface area contributed by atoms with Crippen molar-refractivity contribution in [1.82, 2.24) is 19.9 Å². The van der Waals surface area contributed by atoms with Crippen LogP contribution in [0, 0.1) is 5.82 Å². The second kappa shape index (κ2) is 9.57. The maximum absolute atomic E-state index is 13.8. The van der Waals surface area contributed by atoms with Crippen LogP contribution < -0.4 is 10.1 Å². The molecule has 1 aliphatic rings. The van der Waals surface area contributed by atoms with Gasteiger partial charge in [-0.3, -0.25) is 0 Å². The van der Waals surface area contributed by atoms with Crippen LogP contribution in [0.2, 0.25) is 0 Å². The van der Waals surface area contributed by atoms with Gasteiger partial charge >= 0.3 is 6.03 Å². The summed E-state index contributed by atoms with van der Waals surface area (Å²) in [6.07, 6.45) is 2.62. The van der Waals surface area contributed by atoms with Gasteiger partial charge in [-0.1, -0.05) is 35.5 Å². The Hall–Kier alpha value is -3.46. The van der Waals surface area contributed by atoms with E-state index in [4.69, 9.17) is 9.47 Å². The lowest BCUT2D eigenvalue weighted by atomic mass is 10.2. The summed E-state index contributed by atoms with van der Waals surface area (Å²) in [6.45, 7) is 1.96. The number of nitrogens with zero attached hydrogens (tertiary/aromatic N) is 4. The molecule has 162 valence electrons. The number of hydrogen-bond donors (Lipinski definition) is 1. The Labute approximate surface area is 179 Å². The Kier molecular flexibility index (Phi) is 6.42. The molecule has 2 heterocycles. The number of nitrogens with one attached hydrogen (secondary N) is 1. The molecule has 1 aliphatic heterocycles. The van der Waals surface area contributed by atoms with E-state index < -0.39 is 5.82 Å². The molecule has 1 fully saturated rings. The highest BCUT2D eigenvalue weighted by atomic mass is 19.1. The van der Waals surface area contributed by atoms with Crippen LogP contribution in [0.3, 0.4) is 0 Å². The molecular weight excluding hydrogens is 401 g/mol. The molecule has 9 heteroatoms. The quantitative estimate of drug-likeness (QED) is 0.625. The Morgan fingerprint density at radius 1 is 1.23 bits per heavy atom. The van der Waals surface area contributed by atoms with Crippen LogP contribution in [0.25, 0.3) is 0 Å². The van der Waals surface area contributed by atoms with Gasteiger partial charge in [0.25, 0.3) is 0 Å². The number of likely N-dealkylation sites (tertiary alicyclic amines) is 1. The molecule has 1 saturated heterocycles. The third kappa shape index (κ3) is 5.18. The predicted molar refractivity (Wildman–Crippen MR) is 112 cm³/mol. The lowest BCUT2D eigenvalue weighted by molar-refractivity contribution is 0.104. The van der Waals surface area contributed by atoms with Crippen LogP contribution in [-0.4, -0.2) is 46.1 Å². The number of ether oxygens (including phenoxy) is 2. The zero-order valence-corrected chi connectivity index (χ0v) is 17.2. The number of carbonyl (C=O) groups excluding carboxylic acids is 1. The minimum atomic E-state index is -0.524. The topological polar surface area (TPSA) is 81.5 Å². The van der Waals surface area contributed by atoms with Gasteiger partial charge in [0.2, 0.25) is 0 Å². The molecule has 1 unspecified atom stereocenters. The molecule has 0 saturated carbocycles. The van der Waals surface area contributed by atoms with E-state index in [0.29, 0.717) is 32.0 Å². The largest absolute Gasteiger partial charge is 0.494 e. The molecule has 4 rings (SSSR count). The van der Waals surface area contributed by atoms with Gasteiger partial charge in [-0.15, -0.1) is 5.10 Å². The first-order chi connectivity index (χ1) is 15.1. The molecule has 1 atom stereocenters. The summed E-state index contributed by atoms with van der Waals surface area (Å²) in [6, 6.07) is 14.0. The van der Waals surface area contributed by atoms with Gasteiger partial charge in [-0.2, -0.15) is 0 Å². The number of urea groups is 1. The monoisotopic (exact) mass is 425 g/mol. The molecule has 0 radical (unpaired) electrons. The molecule has 1 aromatic heterocycles. The van der Waals surface area contributed by atoms with Crippen molar-refractivity contribution < 1.29 is 18.7 Å². The predicted octanol–water partition coefficient (Wildman–Crippen LogP) is 3.62. The van der Waals surface area contributed by atoms with E-state index >= 15 is 0 Å². The summed E-state index contributed by atoms with van der Waals surface area (Å²) in [5.74, 6) is -0.391. The van der Waals surface area contributed by atoms with Crippen molar-refractivity contribution in [3.05, 3.63) is 71.8 Å². The zero-order valence-electron chi connectivity index (χ0n) is 17.2. The third-order valence-corrected chi connectivity index (χ3v) is 5.15. The lowest BCUT2D eigenvalue weighted by Crippen LogP contribution is -2.33. The van der Waals surface area contributed by atoms with E-state index in [-0.39, 0.29) is 17.8 Å². The maximum Gasteiger partial charge on any atom is 0.321 e. The average Bonchev–Trinajstić information content (AvgIpc) is 3.44. The normalized spacial score (nSPS) is 15.8. The second-order valence-corrected chi connectivity index (χ2v) is 7.34. The van der Waals surface area contributed by atoms with E-state index in [2.05, 4.69) is 15.6 Å². The minimum Gasteiger partial charge on any atom is -0.494 e. The first-order valence-corrected chi connectivity index (χ1v) is 10.0. The van der Waals surface area contributed by atoms with Crippen molar-refractivity contribution in [2.75, 3.05) is 25.5 Å². The van der Waals surface area contributed by atoms with Crippen molar-refractivity contribution in [1.29, 1.82) is 0 Å². The fourth-order valence-electron chi connectivity index (χ4n) is 3.49. The Bertz CT molecular complexity index is 1030. The third-order valence-electron chi connectivity index (χ3n) is 5.15. The Morgan fingerprint density at radius 3 is 2.84 bits per heavy atom. The number of methoxy groups -OCH3 is 1. The zero-order chi connectivity index (χ0) is 21.6. The maximum atomic E-state index is 13.8. The fourth-order valence-corrected chi connectivity index (χ4v) is 3.49. The summed E-state index contributed by atoms with van der Waals surface area (Å²) < 4.78 is 26.2. The molecule has 31 heavy (non-hydrogen) atoms. The number of benzene rings is 2. The number of carbonyl (C=O) groups is 1. The molecule has 0 spiro atoms. The fraction of sp³-hybridized carbons (Fsp3) is 0.318. The van der Waals surface area contributed by atoms with Crippen molar-refractivity contribution in [3.8, 4) is 5.75 Å². The molecule has 2 amide bonds. The summed E-state index contributed by atoms with van der Waals surface area (Å²) in [5, 5.41) is 11.1. The van der Waals surface area contributed by atoms with E-state index in [9.17, 15) is 9.18 Å². The van der Waals surface area contributed by atoms with Crippen molar-refractivity contribution in [3.63, 3.8) is 0 Å². The van der Waals surface area contributed by atoms with Crippen molar-refractivity contribution in [2.24, 2.45) is 0 Å². The minimum absolute atomic E-state index is 0.0359. The SMILES string of the molecule is COc1ccc(NC(=O)N2CCC(n3cc(COCc4ccccc4)nn3)C2)cc1F. The van der Waals surface area contributed by atoms with E-state index in [0.717, 1.165) is 17.7 Å². The number of halogens is 1. The number of rotatable bonds is 7. The van der Waals surface area contributed by atoms with Crippen LogP contribution in [0.5, 0.6) is 5.75 Å². The molecule has 0 aliphatic carbocycles. The van der Waals surface area contributed by atoms with Gasteiger partial charge in [0.1, 0.15) is 5.69 Å². The average molecular weight is 425 g/mol. The van der Waals surface area contributed by atoms with Gasteiger partial charge in [0, 0.05) is 24.8 Å². The van der Waals surface area contributed by atoms with Crippen LogP contribution in [-0.2, 0) is 18.0 Å². The van der Waals surface area contributed by atoms with E-state index in [1.165, 1.54) is 19.2 Å². The van der Waals surface area contributed by atoms with Crippen LogP contribution >= 0.6 is 0 Å². The van der Waals surface area contributed by atoms with E-state index in [1.807, 2.05) is 36.5 Å². The summed E-state index contributed by atoms with van der Waals surface area (Å²) in [7, 11) is 1.39. The molecule has 0 bridgehead atoms. The standard InChI is InChI=1S/C22H24FN5O3/c1-30-21-8-7-17(11-20(21)23)24-22(29)27-10-9-19(13-27)28-12-18(25-26-28)15-31-14-16-5-3-2-4-6-16/h2-8,11-12,19H,9-10,13-15H2,1H3,(H,24,29). The smallest absolute Gasteiger partial charge is 0.321 e. The summed E-state index contributed by atoms with van der Waals surface area (Å²) in [4.78, 5) is 14.2. The Balaban J connectivity index is 1.27. The van der Waals surface area contributed by atoms with Crippen LogP contribution in [0.4, 0.5) is 14.9 Å². The molecular formula is C22H24FN5O3. The highest BCUT2D eigenvalue weighted by molar-refractivity contribution is 5.89. The van der Waals surface area contributed by atoms with Crippen LogP contribution in [0.1, 0.15) is 23.7 Å². The first-order valence-electron chi connectivity index (χ1n) is 10.0. The van der Waals surface area contributed by atoms with Gasteiger partial charge in [-0.05, 0) is 24.1 Å². The van der Waals surface area contributed by atoms with E-state index in [1.54, 1.807) is 15.6 Å². The lowest BCUT2D eigenvalue weighted by Gasteiger charge is -2.17. The number of amides is 2.